The number of hydrogen-bond donors (Lipinski definition) is 1. The molecule has 0 spiro atoms. The summed E-state index contributed by atoms with van der Waals surface area (Å²) in [6, 6.07) is 18.7. The molecule has 0 saturated heterocycles. The molecule has 0 aliphatic rings. The van der Waals surface area contributed by atoms with Gasteiger partial charge in [0.1, 0.15) is 24.2 Å². The highest BCUT2D eigenvalue weighted by Crippen LogP contribution is 2.49. The average molecular weight is 647 g/mol. The third-order valence-electron chi connectivity index (χ3n) is 6.07. The summed E-state index contributed by atoms with van der Waals surface area (Å²) in [6.07, 6.45) is 0.235. The van der Waals surface area contributed by atoms with Crippen molar-refractivity contribution in [3.63, 3.8) is 0 Å². The highest BCUT2D eigenvalue weighted by molar-refractivity contribution is 7.47. The van der Waals surface area contributed by atoms with Gasteiger partial charge in [-0.05, 0) is 75.3 Å². The fraction of sp³-hybridized carbons (Fsp3) is 0.379. The van der Waals surface area contributed by atoms with E-state index >= 15 is 0 Å². The van der Waals surface area contributed by atoms with Crippen molar-refractivity contribution in [2.45, 2.75) is 32.0 Å². The second-order valence-corrected chi connectivity index (χ2v) is 12.2. The van der Waals surface area contributed by atoms with Crippen molar-refractivity contribution in [1.82, 2.24) is 4.90 Å². The number of nitrogens with zero attached hydrogens (tertiary/aromatic N) is 1. The maximum atomic E-state index is 12.6. The van der Waals surface area contributed by atoms with Crippen molar-refractivity contribution in [3.8, 4) is 11.5 Å². The van der Waals surface area contributed by atoms with Crippen LogP contribution in [0.3, 0.4) is 0 Å². The van der Waals surface area contributed by atoms with Crippen LogP contribution < -0.4 is 9.47 Å². The van der Waals surface area contributed by atoms with Crippen molar-refractivity contribution in [1.29, 1.82) is 0 Å². The molecule has 0 amide bonds. The van der Waals surface area contributed by atoms with E-state index in [0.29, 0.717) is 12.1 Å². The zero-order valence-electron chi connectivity index (χ0n) is 23.4. The first-order valence-corrected chi connectivity index (χ1v) is 15.5. The molecule has 12 heteroatoms. The lowest BCUT2D eigenvalue weighted by atomic mass is 10.0. The zero-order valence-corrected chi connectivity index (χ0v) is 26.6. The first kappa shape index (κ1) is 33.7. The molecule has 3 aromatic rings. The number of benzene rings is 3. The van der Waals surface area contributed by atoms with Crippen molar-refractivity contribution in [2.24, 2.45) is 0 Å². The van der Waals surface area contributed by atoms with E-state index in [1.807, 2.05) is 61.5 Å². The number of hydrogen-bond acceptors (Lipinski definition) is 7. The van der Waals surface area contributed by atoms with Gasteiger partial charge in [-0.3, -0.25) is 9.05 Å². The Bertz CT molecular complexity index is 1330. The van der Waals surface area contributed by atoms with Gasteiger partial charge >= 0.3 is 7.82 Å². The Kier molecular flexibility index (Phi) is 13.2. The predicted molar refractivity (Wildman–Crippen MR) is 163 cm³/mol. The number of ether oxygens (including phenoxy) is 3. The van der Waals surface area contributed by atoms with Gasteiger partial charge in [0.15, 0.2) is 6.79 Å². The van der Waals surface area contributed by atoms with Gasteiger partial charge in [0.25, 0.3) is 0 Å². The molecule has 3 aromatic carbocycles. The number of rotatable bonds is 16. The van der Waals surface area contributed by atoms with Gasteiger partial charge in [-0.15, -0.1) is 0 Å². The van der Waals surface area contributed by atoms with Gasteiger partial charge in [0.2, 0.25) is 0 Å². The summed E-state index contributed by atoms with van der Waals surface area (Å²) in [5.74, 6) is 1.57. The Labute approximate surface area is 256 Å². The lowest BCUT2D eigenvalue weighted by molar-refractivity contribution is -0.0733. The van der Waals surface area contributed by atoms with Gasteiger partial charge in [-0.25, -0.2) is 4.57 Å². The van der Waals surface area contributed by atoms with Gasteiger partial charge in [-0.1, -0.05) is 65.1 Å². The smallest absolute Gasteiger partial charge is 0.474 e. The molecular weight excluding hydrogens is 612 g/mol. The number of phosphoric acid groups is 1. The summed E-state index contributed by atoms with van der Waals surface area (Å²) in [4.78, 5) is 12.2. The van der Waals surface area contributed by atoms with Crippen molar-refractivity contribution < 1.29 is 32.7 Å². The summed E-state index contributed by atoms with van der Waals surface area (Å²) in [6.45, 7) is 1.74. The van der Waals surface area contributed by atoms with E-state index in [0.717, 1.165) is 35.5 Å². The minimum absolute atomic E-state index is 0.198. The first-order valence-electron chi connectivity index (χ1n) is 12.9. The molecular formula is C29H35Cl3NO7P. The van der Waals surface area contributed by atoms with Crippen LogP contribution >= 0.6 is 42.6 Å². The van der Waals surface area contributed by atoms with Gasteiger partial charge in [-0.2, -0.15) is 0 Å². The lowest BCUT2D eigenvalue weighted by Crippen LogP contribution is -2.34. The first-order chi connectivity index (χ1) is 19.5. The maximum Gasteiger partial charge on any atom is 0.474 e. The molecule has 0 heterocycles. The van der Waals surface area contributed by atoms with E-state index in [-0.39, 0.29) is 21.7 Å². The fourth-order valence-corrected chi connectivity index (χ4v) is 5.51. The molecule has 3 atom stereocenters. The molecule has 8 nitrogen and oxygen atoms in total. The number of phosphoric ester groups is 1. The summed E-state index contributed by atoms with van der Waals surface area (Å²) in [5, 5.41) is 0.750. The van der Waals surface area contributed by atoms with Crippen molar-refractivity contribution >= 4 is 42.6 Å². The molecule has 0 aliphatic heterocycles. The van der Waals surface area contributed by atoms with Crippen molar-refractivity contribution in [3.05, 3.63) is 92.4 Å². The Hall–Kier alpha value is -1.84. The summed E-state index contributed by atoms with van der Waals surface area (Å²) in [7, 11) is 0.931. The summed E-state index contributed by atoms with van der Waals surface area (Å²) < 4.78 is 40.2. The van der Waals surface area contributed by atoms with Crippen LogP contribution in [0.25, 0.3) is 0 Å². The number of aryl methyl sites for hydroxylation is 2. The second-order valence-electron chi connectivity index (χ2n) is 9.57. The third kappa shape index (κ3) is 11.1. The van der Waals surface area contributed by atoms with E-state index in [9.17, 15) is 9.46 Å². The molecule has 0 fully saturated rings. The quantitative estimate of drug-likeness (QED) is 0.0967. The summed E-state index contributed by atoms with van der Waals surface area (Å²) in [5.41, 5.74) is 2.61. The second kappa shape index (κ2) is 16.1. The molecule has 1 N–H and O–H groups in total. The monoisotopic (exact) mass is 645 g/mol. The standard InChI is InChI=1S/C29H35Cl3NO7P/c1-20(25-15-27(31)28(32)16-26(25)30)40-41(34,35)39-19-38-24(17-33(2)3)18-37-29-11-6-5-9-22(29)13-12-21-8-7-10-23(14-21)36-4/h5-11,14-16,20,24H,12-13,17-19H2,1-4H3,(H,34,35)/t20?,24-/m1/s1. The van der Waals surface area contributed by atoms with Crippen LogP contribution in [0.2, 0.25) is 15.1 Å². The zero-order chi connectivity index (χ0) is 30.0. The normalized spacial score (nSPS) is 14.5. The number of likely N-dealkylation sites (N-methyl/N-ethyl adjacent to an activating group) is 1. The summed E-state index contributed by atoms with van der Waals surface area (Å²) >= 11 is 18.2. The molecule has 0 saturated carbocycles. The SMILES string of the molecule is COc1cccc(CCc2ccccc2OC[C@@H](CN(C)C)OCOP(=O)(O)OC(C)c2cc(Cl)c(Cl)cc2Cl)c1. The van der Waals surface area contributed by atoms with E-state index in [1.54, 1.807) is 14.0 Å². The topological polar surface area (TPSA) is 86.7 Å². The number of para-hydroxylation sites is 1. The van der Waals surface area contributed by atoms with Crippen LogP contribution in [0, 0.1) is 0 Å². The molecule has 224 valence electrons. The molecule has 41 heavy (non-hydrogen) atoms. The minimum atomic E-state index is -4.50. The Morgan fingerprint density at radius 1 is 0.951 bits per heavy atom. The third-order valence-corrected chi connectivity index (χ3v) is 8.14. The van der Waals surface area contributed by atoms with Crippen LogP contribution in [-0.2, 0) is 31.2 Å². The van der Waals surface area contributed by atoms with Crippen LogP contribution in [0.5, 0.6) is 11.5 Å². The fourth-order valence-electron chi connectivity index (χ4n) is 4.03. The average Bonchev–Trinajstić information content (AvgIpc) is 2.92. The van der Waals surface area contributed by atoms with Crippen LogP contribution in [0.4, 0.5) is 0 Å². The van der Waals surface area contributed by atoms with Crippen LogP contribution in [0.15, 0.2) is 60.7 Å². The molecule has 0 aromatic heterocycles. The number of methoxy groups -OCH3 is 1. The van der Waals surface area contributed by atoms with Crippen molar-refractivity contribution in [2.75, 3.05) is 41.1 Å². The molecule has 2 unspecified atom stereocenters. The molecule has 0 aliphatic carbocycles. The Balaban J connectivity index is 1.55. The minimum Gasteiger partial charge on any atom is -0.497 e. The molecule has 3 rings (SSSR count). The van der Waals surface area contributed by atoms with E-state index < -0.39 is 26.8 Å². The molecule has 0 bridgehead atoms. The Morgan fingerprint density at radius 2 is 1.68 bits per heavy atom. The maximum absolute atomic E-state index is 12.6. The highest BCUT2D eigenvalue weighted by Gasteiger charge is 2.28. The van der Waals surface area contributed by atoms with E-state index in [4.69, 9.17) is 58.1 Å². The van der Waals surface area contributed by atoms with Crippen LogP contribution in [0.1, 0.15) is 29.7 Å². The van der Waals surface area contributed by atoms with E-state index in [1.165, 1.54) is 12.1 Å². The predicted octanol–water partition coefficient (Wildman–Crippen LogP) is 7.62. The lowest BCUT2D eigenvalue weighted by Gasteiger charge is -2.24. The van der Waals surface area contributed by atoms with Crippen LogP contribution in [-0.4, -0.2) is 57.0 Å². The van der Waals surface area contributed by atoms with Gasteiger partial charge in [0, 0.05) is 17.1 Å². The molecule has 0 radical (unpaired) electrons. The van der Waals surface area contributed by atoms with E-state index in [2.05, 4.69) is 6.07 Å². The highest BCUT2D eigenvalue weighted by atomic mass is 35.5. The number of halogens is 3. The van der Waals surface area contributed by atoms with Gasteiger partial charge in [0.05, 0.1) is 23.3 Å². The van der Waals surface area contributed by atoms with Gasteiger partial charge < -0.3 is 24.0 Å². The Morgan fingerprint density at radius 3 is 2.41 bits per heavy atom. The largest absolute Gasteiger partial charge is 0.497 e.